The molecule has 0 unspecified atom stereocenters. The molecule has 0 spiro atoms. The topological polar surface area (TPSA) is 116 Å². The van der Waals surface area contributed by atoms with Gasteiger partial charge in [0.1, 0.15) is 17.4 Å². The maximum atomic E-state index is 13.1. The summed E-state index contributed by atoms with van der Waals surface area (Å²) in [6.07, 6.45) is 0. The minimum atomic E-state index is -3.62. The van der Waals surface area contributed by atoms with Crippen molar-refractivity contribution in [2.45, 2.75) is 9.79 Å². The van der Waals surface area contributed by atoms with Crippen LogP contribution < -0.4 is 14.5 Å². The fraction of sp³-hybridized carbons (Fsp3) is 0.231. The maximum Gasteiger partial charge on any atom is 0.243 e. The van der Waals surface area contributed by atoms with Crippen molar-refractivity contribution in [2.75, 3.05) is 69.3 Å². The molecule has 8 rings (SSSR count). The van der Waals surface area contributed by atoms with Crippen molar-refractivity contribution in [3.05, 3.63) is 124 Å². The first-order valence-corrected chi connectivity index (χ1v) is 22.8. The van der Waals surface area contributed by atoms with Gasteiger partial charge in [-0.2, -0.15) is 8.61 Å². The smallest absolute Gasteiger partial charge is 0.243 e. The number of ether oxygens (including phenoxy) is 1. The van der Waals surface area contributed by atoms with E-state index in [1.807, 2.05) is 59.3 Å². The Kier molecular flexibility index (Phi) is 12.5. The highest BCUT2D eigenvalue weighted by atomic mass is 35.5. The van der Waals surface area contributed by atoms with Crippen molar-refractivity contribution < 1.29 is 30.4 Å². The molecule has 2 aliphatic rings. The number of halogens is 3. The van der Waals surface area contributed by atoms with Crippen molar-refractivity contribution in [3.63, 3.8) is 0 Å². The van der Waals surface area contributed by atoms with Gasteiger partial charge in [-0.05, 0) is 84.9 Å². The molecular formula is C39H37ClF2N6O5S4. The van der Waals surface area contributed by atoms with Crippen LogP contribution in [0.3, 0.4) is 0 Å². The standard InChI is InChI=1S/C20H20FN3O3S2.C19H17ClFN3O2S2/c1-27-17-6-2-15(3-7-17)19-14-28-20(22-19)23-10-12-24(13-11-23)29(25,26)18-8-4-16(21)5-9-18;20-15-3-1-14(2-4-15)18-13-27-19(22-18)23-9-11-24(12-10-23)28(25,26)17-7-5-16(21)6-8-17/h2-9,14H,10-13H2,1H3;1-8,13H,9-12H2. The average Bonchev–Trinajstić information content (AvgIpc) is 3.94. The van der Waals surface area contributed by atoms with E-state index >= 15 is 0 Å². The molecule has 57 heavy (non-hydrogen) atoms. The highest BCUT2D eigenvalue weighted by Gasteiger charge is 2.31. The molecule has 2 aromatic heterocycles. The summed E-state index contributed by atoms with van der Waals surface area (Å²) in [4.78, 5) is 13.8. The highest BCUT2D eigenvalue weighted by molar-refractivity contribution is 7.89. The van der Waals surface area contributed by atoms with E-state index in [-0.39, 0.29) is 9.79 Å². The van der Waals surface area contributed by atoms with Gasteiger partial charge in [-0.25, -0.2) is 35.6 Å². The van der Waals surface area contributed by atoms with Crippen molar-refractivity contribution >= 4 is 64.6 Å². The normalized spacial score (nSPS) is 15.6. The Balaban J connectivity index is 0.000000174. The predicted molar refractivity (Wildman–Crippen MR) is 221 cm³/mol. The summed E-state index contributed by atoms with van der Waals surface area (Å²) in [7, 11) is -5.60. The molecule has 6 aromatic rings. The number of anilines is 2. The number of rotatable bonds is 9. The van der Waals surface area contributed by atoms with Crippen LogP contribution in [0.5, 0.6) is 5.75 Å². The van der Waals surface area contributed by atoms with Crippen LogP contribution in [-0.2, 0) is 20.0 Å². The third kappa shape index (κ3) is 9.46. The molecule has 0 saturated carbocycles. The van der Waals surface area contributed by atoms with E-state index in [1.54, 1.807) is 18.4 Å². The van der Waals surface area contributed by atoms with Crippen LogP contribution >= 0.6 is 34.3 Å². The number of hydrogen-bond acceptors (Lipinski definition) is 11. The van der Waals surface area contributed by atoms with E-state index in [9.17, 15) is 25.6 Å². The van der Waals surface area contributed by atoms with Crippen molar-refractivity contribution in [1.29, 1.82) is 0 Å². The van der Waals surface area contributed by atoms with E-state index in [4.69, 9.17) is 21.3 Å². The lowest BCUT2D eigenvalue weighted by Crippen LogP contribution is -2.48. The molecule has 2 fully saturated rings. The van der Waals surface area contributed by atoms with E-state index in [0.29, 0.717) is 57.4 Å². The molecule has 4 heterocycles. The number of methoxy groups -OCH3 is 1. The van der Waals surface area contributed by atoms with Crippen molar-refractivity contribution in [2.24, 2.45) is 0 Å². The Morgan fingerprint density at radius 2 is 0.930 bits per heavy atom. The third-order valence-corrected chi connectivity index (χ3v) is 15.3. The molecule has 0 amide bonds. The second-order valence-electron chi connectivity index (χ2n) is 13.0. The van der Waals surface area contributed by atoms with Gasteiger partial charge in [0.25, 0.3) is 0 Å². The first-order chi connectivity index (χ1) is 27.4. The number of thiazole rings is 2. The fourth-order valence-electron chi connectivity index (χ4n) is 6.22. The molecule has 0 N–H and O–H groups in total. The summed E-state index contributed by atoms with van der Waals surface area (Å²) in [6, 6.07) is 25.1. The summed E-state index contributed by atoms with van der Waals surface area (Å²) in [6.45, 7) is 3.63. The summed E-state index contributed by atoms with van der Waals surface area (Å²) in [5, 5.41) is 6.40. The second-order valence-corrected chi connectivity index (χ2v) is 18.9. The third-order valence-electron chi connectivity index (χ3n) is 9.43. The minimum absolute atomic E-state index is 0.113. The van der Waals surface area contributed by atoms with Gasteiger partial charge in [-0.15, -0.1) is 22.7 Å². The minimum Gasteiger partial charge on any atom is -0.497 e. The van der Waals surface area contributed by atoms with Crippen LogP contribution in [0, 0.1) is 11.6 Å². The van der Waals surface area contributed by atoms with Crippen LogP contribution in [0.4, 0.5) is 19.0 Å². The lowest BCUT2D eigenvalue weighted by molar-refractivity contribution is 0.384. The SMILES string of the molecule is COc1ccc(-c2csc(N3CCN(S(=O)(=O)c4ccc(F)cc4)CC3)n2)cc1.O=S(=O)(c1ccc(F)cc1)N1CCN(c2nc(-c3ccc(Cl)cc3)cs2)CC1. The van der Waals surface area contributed by atoms with Gasteiger partial charge in [-0.1, -0.05) is 23.7 Å². The van der Waals surface area contributed by atoms with Crippen LogP contribution in [0.25, 0.3) is 22.5 Å². The summed E-state index contributed by atoms with van der Waals surface area (Å²) >= 11 is 9.01. The zero-order valence-corrected chi connectivity index (χ0v) is 34.6. The summed E-state index contributed by atoms with van der Waals surface area (Å²) in [5.74, 6) is -0.114. The quantitative estimate of drug-likeness (QED) is 0.145. The average molecular weight is 871 g/mol. The van der Waals surface area contributed by atoms with Gasteiger partial charge in [0.2, 0.25) is 20.0 Å². The van der Waals surface area contributed by atoms with Gasteiger partial charge in [0.05, 0.1) is 28.3 Å². The number of piperazine rings is 2. The van der Waals surface area contributed by atoms with Gasteiger partial charge in [0, 0.05) is 79.3 Å². The molecule has 0 radical (unpaired) electrons. The molecule has 298 valence electrons. The van der Waals surface area contributed by atoms with Gasteiger partial charge in [0.15, 0.2) is 10.3 Å². The molecule has 2 saturated heterocycles. The second kappa shape index (κ2) is 17.6. The monoisotopic (exact) mass is 870 g/mol. The Morgan fingerprint density at radius 1 is 0.561 bits per heavy atom. The Bertz CT molecular complexity index is 2490. The molecular weight excluding hydrogens is 834 g/mol. The van der Waals surface area contributed by atoms with Crippen LogP contribution in [0.1, 0.15) is 0 Å². The van der Waals surface area contributed by atoms with E-state index in [2.05, 4.69) is 14.8 Å². The predicted octanol–water partition coefficient (Wildman–Crippen LogP) is 7.58. The Labute approximate surface area is 343 Å². The van der Waals surface area contributed by atoms with Gasteiger partial charge in [-0.3, -0.25) is 0 Å². The fourth-order valence-corrected chi connectivity index (χ4v) is 11.0. The number of benzene rings is 4. The number of aromatic nitrogens is 2. The molecule has 2 aliphatic heterocycles. The van der Waals surface area contributed by atoms with Crippen molar-refractivity contribution in [3.8, 4) is 28.3 Å². The first kappa shape index (κ1) is 40.7. The zero-order chi connectivity index (χ0) is 40.2. The zero-order valence-electron chi connectivity index (χ0n) is 30.5. The lowest BCUT2D eigenvalue weighted by Gasteiger charge is -2.33. The van der Waals surface area contributed by atoms with Gasteiger partial charge < -0.3 is 14.5 Å². The first-order valence-electron chi connectivity index (χ1n) is 17.7. The van der Waals surface area contributed by atoms with E-state index < -0.39 is 31.7 Å². The molecule has 0 aliphatic carbocycles. The number of hydrogen-bond donors (Lipinski definition) is 0. The summed E-state index contributed by atoms with van der Waals surface area (Å²) < 4.78 is 85.1. The van der Waals surface area contributed by atoms with E-state index in [1.165, 1.54) is 56.3 Å². The molecule has 18 heteroatoms. The lowest BCUT2D eigenvalue weighted by atomic mass is 10.2. The maximum absolute atomic E-state index is 13.1. The number of nitrogens with zero attached hydrogens (tertiary/aromatic N) is 6. The van der Waals surface area contributed by atoms with Crippen LogP contribution in [-0.4, -0.2) is 94.9 Å². The van der Waals surface area contributed by atoms with Gasteiger partial charge >= 0.3 is 0 Å². The molecule has 4 aromatic carbocycles. The highest BCUT2D eigenvalue weighted by Crippen LogP contribution is 2.31. The Morgan fingerprint density at radius 3 is 1.30 bits per heavy atom. The van der Waals surface area contributed by atoms with Crippen molar-refractivity contribution in [1.82, 2.24) is 18.6 Å². The largest absolute Gasteiger partial charge is 0.497 e. The molecule has 0 bridgehead atoms. The number of sulfonamides is 2. The van der Waals surface area contributed by atoms with E-state index in [0.717, 1.165) is 50.7 Å². The van der Waals surface area contributed by atoms with Crippen LogP contribution in [0.15, 0.2) is 118 Å². The summed E-state index contributed by atoms with van der Waals surface area (Å²) in [5.41, 5.74) is 3.75. The molecule has 11 nitrogen and oxygen atoms in total. The molecule has 0 atom stereocenters. The van der Waals surface area contributed by atoms with Crippen LogP contribution in [0.2, 0.25) is 5.02 Å². The Hall–Kier alpha value is -4.49.